The Bertz CT molecular complexity index is 608. The minimum Gasteiger partial charge on any atom is -0.379 e. The van der Waals surface area contributed by atoms with Crippen LogP contribution in [0.15, 0.2) is 42.5 Å². The van der Waals surface area contributed by atoms with Crippen LogP contribution in [-0.2, 0) is 5.41 Å². The fourth-order valence-electron chi connectivity index (χ4n) is 2.34. The summed E-state index contributed by atoms with van der Waals surface area (Å²) in [6.45, 7) is 10.5. The third kappa shape index (κ3) is 3.84. The van der Waals surface area contributed by atoms with E-state index in [1.165, 1.54) is 17.2 Å². The molecule has 0 saturated heterocycles. The Balaban J connectivity index is 2.13. The number of hydrogen-bond donors (Lipinski definition) is 1. The maximum Gasteiger partial charge on any atom is 0.126 e. The van der Waals surface area contributed by atoms with Crippen molar-refractivity contribution < 1.29 is 4.39 Å². The molecule has 0 amide bonds. The third-order valence-electron chi connectivity index (χ3n) is 3.82. The average Bonchev–Trinajstić information content (AvgIpc) is 2.42. The fraction of sp³-hybridized carbons (Fsp3) is 0.368. The molecule has 0 aliphatic heterocycles. The van der Waals surface area contributed by atoms with Crippen molar-refractivity contribution in [3.05, 3.63) is 65.0 Å². The number of halogens is 1. The first kappa shape index (κ1) is 15.6. The van der Waals surface area contributed by atoms with Gasteiger partial charge in [0.25, 0.3) is 0 Å². The van der Waals surface area contributed by atoms with Crippen molar-refractivity contribution in [3.63, 3.8) is 0 Å². The minimum atomic E-state index is -0.164. The third-order valence-corrected chi connectivity index (χ3v) is 3.82. The smallest absolute Gasteiger partial charge is 0.126 e. The highest BCUT2D eigenvalue weighted by molar-refractivity contribution is 5.48. The van der Waals surface area contributed by atoms with Crippen LogP contribution in [-0.4, -0.2) is 0 Å². The SMILES string of the molecule is Cc1cc(NC(C)c2ccc(C(C)(C)C)cc2)ccc1F. The Hall–Kier alpha value is -1.83. The number of aryl methyl sites for hydroxylation is 1. The van der Waals surface area contributed by atoms with Crippen LogP contribution >= 0.6 is 0 Å². The minimum absolute atomic E-state index is 0.164. The second kappa shape index (κ2) is 5.88. The van der Waals surface area contributed by atoms with Crippen molar-refractivity contribution in [3.8, 4) is 0 Å². The van der Waals surface area contributed by atoms with Crippen LogP contribution in [0.1, 0.15) is 50.4 Å². The summed E-state index contributed by atoms with van der Waals surface area (Å²) in [7, 11) is 0. The van der Waals surface area contributed by atoms with Crippen LogP contribution in [0.25, 0.3) is 0 Å². The van der Waals surface area contributed by atoms with Gasteiger partial charge in [-0.1, -0.05) is 45.0 Å². The monoisotopic (exact) mass is 285 g/mol. The molecule has 0 heterocycles. The molecular weight excluding hydrogens is 261 g/mol. The van der Waals surface area contributed by atoms with Crippen molar-refractivity contribution >= 4 is 5.69 Å². The molecule has 1 nitrogen and oxygen atoms in total. The number of hydrogen-bond acceptors (Lipinski definition) is 1. The van der Waals surface area contributed by atoms with Crippen LogP contribution in [0, 0.1) is 12.7 Å². The van der Waals surface area contributed by atoms with Gasteiger partial charge in [0.1, 0.15) is 5.82 Å². The molecule has 1 atom stereocenters. The second-order valence-electron chi connectivity index (χ2n) is 6.70. The Morgan fingerprint density at radius 1 is 1.00 bits per heavy atom. The van der Waals surface area contributed by atoms with Gasteiger partial charge in [0.2, 0.25) is 0 Å². The number of anilines is 1. The van der Waals surface area contributed by atoms with Gasteiger partial charge < -0.3 is 5.32 Å². The van der Waals surface area contributed by atoms with Gasteiger partial charge in [-0.25, -0.2) is 4.39 Å². The van der Waals surface area contributed by atoms with E-state index in [4.69, 9.17) is 0 Å². The lowest BCUT2D eigenvalue weighted by Crippen LogP contribution is -2.12. The van der Waals surface area contributed by atoms with Gasteiger partial charge in [0.05, 0.1) is 0 Å². The van der Waals surface area contributed by atoms with Crippen LogP contribution in [0.5, 0.6) is 0 Å². The topological polar surface area (TPSA) is 12.0 Å². The summed E-state index contributed by atoms with van der Waals surface area (Å²) in [5, 5.41) is 3.42. The highest BCUT2D eigenvalue weighted by atomic mass is 19.1. The van der Waals surface area contributed by atoms with Crippen molar-refractivity contribution in [2.24, 2.45) is 0 Å². The van der Waals surface area contributed by atoms with Crippen LogP contribution in [0.3, 0.4) is 0 Å². The molecule has 0 aromatic heterocycles. The zero-order valence-corrected chi connectivity index (χ0v) is 13.5. The maximum atomic E-state index is 13.3. The molecule has 0 fully saturated rings. The molecule has 2 aromatic rings. The van der Waals surface area contributed by atoms with E-state index in [-0.39, 0.29) is 17.3 Å². The summed E-state index contributed by atoms with van der Waals surface area (Å²) >= 11 is 0. The largest absolute Gasteiger partial charge is 0.379 e. The second-order valence-corrected chi connectivity index (χ2v) is 6.70. The zero-order chi connectivity index (χ0) is 15.6. The van der Waals surface area contributed by atoms with E-state index < -0.39 is 0 Å². The van der Waals surface area contributed by atoms with Crippen molar-refractivity contribution in [2.45, 2.75) is 46.1 Å². The van der Waals surface area contributed by atoms with Gasteiger partial charge in [0, 0.05) is 11.7 Å². The summed E-state index contributed by atoms with van der Waals surface area (Å²) in [4.78, 5) is 0. The summed E-state index contributed by atoms with van der Waals surface area (Å²) < 4.78 is 13.3. The highest BCUT2D eigenvalue weighted by Crippen LogP contribution is 2.25. The molecule has 1 N–H and O–H groups in total. The molecule has 0 radical (unpaired) electrons. The highest BCUT2D eigenvalue weighted by Gasteiger charge is 2.14. The van der Waals surface area contributed by atoms with E-state index in [0.29, 0.717) is 5.56 Å². The van der Waals surface area contributed by atoms with E-state index >= 15 is 0 Å². The lowest BCUT2D eigenvalue weighted by Gasteiger charge is -2.21. The van der Waals surface area contributed by atoms with E-state index in [2.05, 4.69) is 57.3 Å². The first-order valence-electron chi connectivity index (χ1n) is 7.40. The van der Waals surface area contributed by atoms with E-state index in [1.54, 1.807) is 13.0 Å². The molecule has 0 aliphatic carbocycles. The van der Waals surface area contributed by atoms with Crippen LogP contribution in [0.4, 0.5) is 10.1 Å². The van der Waals surface area contributed by atoms with Gasteiger partial charge in [0.15, 0.2) is 0 Å². The summed E-state index contributed by atoms with van der Waals surface area (Å²) in [6, 6.07) is 14.0. The standard InChI is InChI=1S/C19H24FN/c1-13-12-17(10-11-18(13)20)21-14(2)15-6-8-16(9-7-15)19(3,4)5/h6-12,14,21H,1-5H3. The summed E-state index contributed by atoms with van der Waals surface area (Å²) in [6.07, 6.45) is 0. The Morgan fingerprint density at radius 2 is 1.62 bits per heavy atom. The molecule has 0 spiro atoms. The van der Waals surface area contributed by atoms with Gasteiger partial charge in [-0.05, 0) is 54.2 Å². The van der Waals surface area contributed by atoms with E-state index in [9.17, 15) is 4.39 Å². The molecule has 0 aliphatic rings. The van der Waals surface area contributed by atoms with E-state index in [1.807, 2.05) is 6.07 Å². The molecule has 21 heavy (non-hydrogen) atoms. The Labute approximate surface area is 127 Å². The first-order valence-corrected chi connectivity index (χ1v) is 7.40. The number of rotatable bonds is 3. The van der Waals surface area contributed by atoms with Crippen molar-refractivity contribution in [2.75, 3.05) is 5.32 Å². The van der Waals surface area contributed by atoms with Crippen LogP contribution in [0.2, 0.25) is 0 Å². The first-order chi connectivity index (χ1) is 9.77. The van der Waals surface area contributed by atoms with Gasteiger partial charge in [-0.3, -0.25) is 0 Å². The lowest BCUT2D eigenvalue weighted by molar-refractivity contribution is 0.589. The normalized spacial score (nSPS) is 13.0. The van der Waals surface area contributed by atoms with Crippen LogP contribution < -0.4 is 5.32 Å². The number of benzene rings is 2. The van der Waals surface area contributed by atoms with Gasteiger partial charge in [-0.15, -0.1) is 0 Å². The fourth-order valence-corrected chi connectivity index (χ4v) is 2.34. The van der Waals surface area contributed by atoms with Gasteiger partial charge >= 0.3 is 0 Å². The lowest BCUT2D eigenvalue weighted by atomic mass is 9.86. The number of nitrogens with one attached hydrogen (secondary N) is 1. The molecular formula is C19H24FN. The molecule has 2 aromatic carbocycles. The molecule has 2 heteroatoms. The van der Waals surface area contributed by atoms with E-state index in [0.717, 1.165) is 5.69 Å². The zero-order valence-electron chi connectivity index (χ0n) is 13.5. The maximum absolute atomic E-state index is 13.3. The summed E-state index contributed by atoms with van der Waals surface area (Å²) in [5.74, 6) is -0.164. The Morgan fingerprint density at radius 3 is 2.14 bits per heavy atom. The quantitative estimate of drug-likeness (QED) is 0.773. The average molecular weight is 285 g/mol. The molecule has 0 saturated carbocycles. The molecule has 0 bridgehead atoms. The predicted octanol–water partition coefficient (Wildman–Crippen LogP) is 5.60. The summed E-state index contributed by atoms with van der Waals surface area (Å²) in [5.41, 5.74) is 4.33. The van der Waals surface area contributed by atoms with Gasteiger partial charge in [-0.2, -0.15) is 0 Å². The molecule has 1 unspecified atom stereocenters. The molecule has 2 rings (SSSR count). The Kier molecular flexibility index (Phi) is 4.36. The molecule has 112 valence electrons. The van der Waals surface area contributed by atoms with Crippen molar-refractivity contribution in [1.82, 2.24) is 0 Å². The van der Waals surface area contributed by atoms with Crippen molar-refractivity contribution in [1.29, 1.82) is 0 Å². The predicted molar refractivity (Wildman–Crippen MR) is 88.3 cm³/mol.